The van der Waals surface area contributed by atoms with Crippen LogP contribution in [0, 0.1) is 0 Å². The molecule has 3 aromatic heterocycles. The smallest absolute Gasteiger partial charge is 0.251 e. The molecule has 1 fully saturated rings. The van der Waals surface area contributed by atoms with Crippen molar-refractivity contribution in [3.63, 3.8) is 0 Å². The van der Waals surface area contributed by atoms with Crippen molar-refractivity contribution in [2.45, 2.75) is 19.1 Å². The molecule has 0 aliphatic carbocycles. The monoisotopic (exact) mass is 494 g/mol. The number of ether oxygens (including phenoxy) is 2. The van der Waals surface area contributed by atoms with E-state index >= 15 is 0 Å². The highest BCUT2D eigenvalue weighted by Gasteiger charge is 2.34. The summed E-state index contributed by atoms with van der Waals surface area (Å²) in [5, 5.41) is 17.3. The summed E-state index contributed by atoms with van der Waals surface area (Å²) in [6, 6.07) is 11.1. The van der Waals surface area contributed by atoms with E-state index in [0.29, 0.717) is 46.9 Å². The van der Waals surface area contributed by atoms with Crippen LogP contribution >= 0.6 is 11.6 Å². The standard InChI is InChI=1S/C24H23ClN6O4/c1-14(32)23(33)30-12-16(13-30)35-15-6-7-19(21(9-15)34-2)28-24-26-11-18(25)22(29-24)17-10-27-31-8-4-3-5-20(17)31/h3-11,14,16,32H,12-13H2,1-2H3,(H,26,28,29). The second kappa shape index (κ2) is 9.40. The Bertz CT molecular complexity index is 1390. The van der Waals surface area contributed by atoms with Crippen molar-refractivity contribution in [3.8, 4) is 22.8 Å². The lowest BCUT2D eigenvalue weighted by Gasteiger charge is -2.39. The van der Waals surface area contributed by atoms with Crippen molar-refractivity contribution in [2.24, 2.45) is 0 Å². The number of anilines is 2. The van der Waals surface area contributed by atoms with Gasteiger partial charge in [0.15, 0.2) is 0 Å². The Morgan fingerprint density at radius 2 is 2.09 bits per heavy atom. The third-order valence-electron chi connectivity index (χ3n) is 5.67. The molecular formula is C24H23ClN6O4. The number of nitrogens with one attached hydrogen (secondary N) is 1. The molecule has 10 nitrogen and oxygen atoms in total. The Kier molecular flexibility index (Phi) is 6.14. The first-order chi connectivity index (χ1) is 16.9. The number of carbonyl (C=O) groups is 1. The van der Waals surface area contributed by atoms with Gasteiger partial charge in [0.25, 0.3) is 5.91 Å². The fourth-order valence-electron chi connectivity index (χ4n) is 3.85. The first-order valence-electron chi connectivity index (χ1n) is 11.0. The van der Waals surface area contributed by atoms with Gasteiger partial charge in [-0.15, -0.1) is 0 Å². The minimum absolute atomic E-state index is 0.144. The molecule has 1 atom stereocenters. The number of hydrogen-bond donors (Lipinski definition) is 2. The highest BCUT2D eigenvalue weighted by atomic mass is 35.5. The molecule has 5 rings (SSSR count). The molecule has 35 heavy (non-hydrogen) atoms. The van der Waals surface area contributed by atoms with Crippen molar-refractivity contribution in [2.75, 3.05) is 25.5 Å². The Morgan fingerprint density at radius 1 is 1.26 bits per heavy atom. The molecule has 0 saturated carbocycles. The van der Waals surface area contributed by atoms with Crippen LogP contribution in [0.4, 0.5) is 11.6 Å². The van der Waals surface area contributed by atoms with Crippen LogP contribution in [0.25, 0.3) is 16.8 Å². The van der Waals surface area contributed by atoms with Gasteiger partial charge in [0.05, 0.1) is 54.5 Å². The minimum atomic E-state index is -1.01. The number of carbonyl (C=O) groups excluding carboxylic acids is 1. The molecule has 1 unspecified atom stereocenters. The van der Waals surface area contributed by atoms with Gasteiger partial charge in [-0.2, -0.15) is 5.10 Å². The highest BCUT2D eigenvalue weighted by molar-refractivity contribution is 6.33. The molecule has 180 valence electrons. The molecule has 0 bridgehead atoms. The van der Waals surface area contributed by atoms with Crippen molar-refractivity contribution in [1.29, 1.82) is 0 Å². The minimum Gasteiger partial charge on any atom is -0.494 e. The van der Waals surface area contributed by atoms with Gasteiger partial charge in [0, 0.05) is 17.8 Å². The number of rotatable bonds is 7. The van der Waals surface area contributed by atoms with Crippen LogP contribution in [0.15, 0.2) is 55.0 Å². The summed E-state index contributed by atoms with van der Waals surface area (Å²) in [6.07, 6.45) is 3.96. The van der Waals surface area contributed by atoms with Gasteiger partial charge in [-0.3, -0.25) is 4.79 Å². The second-order valence-corrected chi connectivity index (χ2v) is 8.53. The van der Waals surface area contributed by atoms with Gasteiger partial charge >= 0.3 is 0 Å². The van der Waals surface area contributed by atoms with Crippen LogP contribution in [-0.4, -0.2) is 67.9 Å². The van der Waals surface area contributed by atoms with Crippen molar-refractivity contribution < 1.29 is 19.4 Å². The molecule has 1 aromatic carbocycles. The summed E-state index contributed by atoms with van der Waals surface area (Å²) in [6.45, 7) is 2.31. The SMILES string of the molecule is COc1cc(OC2CN(C(=O)C(C)O)C2)ccc1Nc1ncc(Cl)c(-c2cnn3ccccc23)n1. The largest absolute Gasteiger partial charge is 0.494 e. The zero-order chi connectivity index (χ0) is 24.5. The highest BCUT2D eigenvalue weighted by Crippen LogP contribution is 2.34. The fourth-order valence-corrected chi connectivity index (χ4v) is 4.04. The van der Waals surface area contributed by atoms with E-state index in [1.165, 1.54) is 6.92 Å². The maximum absolute atomic E-state index is 11.8. The molecule has 1 aliphatic heterocycles. The van der Waals surface area contributed by atoms with E-state index in [9.17, 15) is 9.90 Å². The summed E-state index contributed by atoms with van der Waals surface area (Å²) in [4.78, 5) is 22.3. The van der Waals surface area contributed by atoms with Gasteiger partial charge < -0.3 is 24.8 Å². The molecule has 0 radical (unpaired) electrons. The number of aliphatic hydroxyl groups excluding tert-OH is 1. The second-order valence-electron chi connectivity index (χ2n) is 8.12. The summed E-state index contributed by atoms with van der Waals surface area (Å²) in [7, 11) is 1.56. The Balaban J connectivity index is 1.32. The van der Waals surface area contributed by atoms with E-state index in [0.717, 1.165) is 11.1 Å². The zero-order valence-electron chi connectivity index (χ0n) is 19.1. The predicted molar refractivity (Wildman–Crippen MR) is 130 cm³/mol. The average Bonchev–Trinajstić information content (AvgIpc) is 3.26. The number of nitrogens with zero attached hydrogens (tertiary/aromatic N) is 5. The topological polar surface area (TPSA) is 114 Å². The maximum atomic E-state index is 11.8. The number of likely N-dealkylation sites (tertiary alicyclic amines) is 1. The van der Waals surface area contributed by atoms with Crippen molar-refractivity contribution in [1.82, 2.24) is 24.5 Å². The van der Waals surface area contributed by atoms with E-state index in [1.54, 1.807) is 47.1 Å². The Labute approximate surface area is 206 Å². The Hall–Kier alpha value is -3.89. The number of benzene rings is 1. The van der Waals surface area contributed by atoms with E-state index in [4.69, 9.17) is 21.1 Å². The summed E-state index contributed by atoms with van der Waals surface area (Å²) in [5.74, 6) is 1.19. The van der Waals surface area contributed by atoms with Crippen LogP contribution in [0.1, 0.15) is 6.92 Å². The maximum Gasteiger partial charge on any atom is 0.251 e. The number of amides is 1. The van der Waals surface area contributed by atoms with E-state index < -0.39 is 6.10 Å². The molecule has 1 aliphatic rings. The third kappa shape index (κ3) is 4.58. The molecule has 2 N–H and O–H groups in total. The normalized spacial score (nSPS) is 14.5. The van der Waals surface area contributed by atoms with Crippen molar-refractivity contribution >= 4 is 34.7 Å². The summed E-state index contributed by atoms with van der Waals surface area (Å²) < 4.78 is 13.2. The molecule has 4 heterocycles. The lowest BCUT2D eigenvalue weighted by Crippen LogP contribution is -2.58. The first-order valence-corrected chi connectivity index (χ1v) is 11.3. The lowest BCUT2D eigenvalue weighted by atomic mass is 10.1. The van der Waals surface area contributed by atoms with Gasteiger partial charge in [-0.05, 0) is 31.2 Å². The van der Waals surface area contributed by atoms with E-state index in [2.05, 4.69) is 20.4 Å². The molecule has 4 aromatic rings. The molecule has 11 heteroatoms. The zero-order valence-corrected chi connectivity index (χ0v) is 19.8. The van der Waals surface area contributed by atoms with E-state index in [-0.39, 0.29) is 12.0 Å². The fraction of sp³-hybridized carbons (Fsp3) is 0.250. The predicted octanol–water partition coefficient (Wildman–Crippen LogP) is 3.17. The van der Waals surface area contributed by atoms with Crippen LogP contribution < -0.4 is 14.8 Å². The van der Waals surface area contributed by atoms with Gasteiger partial charge in [0.2, 0.25) is 5.95 Å². The van der Waals surface area contributed by atoms with Gasteiger partial charge in [0.1, 0.15) is 23.7 Å². The quantitative estimate of drug-likeness (QED) is 0.402. The third-order valence-corrected chi connectivity index (χ3v) is 5.94. The van der Waals surface area contributed by atoms with Gasteiger partial charge in [-0.25, -0.2) is 14.5 Å². The van der Waals surface area contributed by atoms with Crippen LogP contribution in [-0.2, 0) is 4.79 Å². The molecule has 1 amide bonds. The van der Waals surface area contributed by atoms with Gasteiger partial charge in [-0.1, -0.05) is 17.7 Å². The number of aliphatic hydroxyl groups is 1. The first kappa shape index (κ1) is 22.9. The Morgan fingerprint density at radius 3 is 2.86 bits per heavy atom. The lowest BCUT2D eigenvalue weighted by molar-refractivity contribution is -0.148. The van der Waals surface area contributed by atoms with Crippen LogP contribution in [0.3, 0.4) is 0 Å². The number of hydrogen-bond acceptors (Lipinski definition) is 8. The number of pyridine rings is 1. The number of fused-ring (bicyclic) bond motifs is 1. The summed E-state index contributed by atoms with van der Waals surface area (Å²) in [5.41, 5.74) is 2.88. The van der Waals surface area contributed by atoms with E-state index in [1.807, 2.05) is 24.4 Å². The summed E-state index contributed by atoms with van der Waals surface area (Å²) >= 11 is 6.42. The number of methoxy groups -OCH3 is 1. The molecular weight excluding hydrogens is 472 g/mol. The number of halogens is 1. The number of aromatic nitrogens is 4. The molecule has 1 saturated heterocycles. The average molecular weight is 495 g/mol. The molecule has 0 spiro atoms. The van der Waals surface area contributed by atoms with Crippen molar-refractivity contribution in [3.05, 3.63) is 60.0 Å². The van der Waals surface area contributed by atoms with Crippen LogP contribution in [0.5, 0.6) is 11.5 Å². The van der Waals surface area contributed by atoms with Crippen LogP contribution in [0.2, 0.25) is 5.02 Å².